The Bertz CT molecular complexity index is 1110. The molecule has 10 heteroatoms. The van der Waals surface area contributed by atoms with Gasteiger partial charge in [-0.1, -0.05) is 12.1 Å². The summed E-state index contributed by atoms with van der Waals surface area (Å²) in [5, 5.41) is 7.72. The molecule has 9 nitrogen and oxygen atoms in total. The van der Waals surface area contributed by atoms with Crippen molar-refractivity contribution in [3.8, 4) is 0 Å². The van der Waals surface area contributed by atoms with Crippen LogP contribution in [0.25, 0.3) is 16.7 Å². The first kappa shape index (κ1) is 17.4. The van der Waals surface area contributed by atoms with Crippen LogP contribution in [-0.2, 0) is 11.3 Å². The second kappa shape index (κ2) is 7.02. The number of nitrogens with zero attached hydrogens (tertiary/aromatic N) is 6. The van der Waals surface area contributed by atoms with Crippen molar-refractivity contribution in [3.63, 3.8) is 0 Å². The average molecular weight is 443 g/mol. The Morgan fingerprint density at radius 3 is 3.00 bits per heavy atom. The van der Waals surface area contributed by atoms with E-state index in [-0.39, 0.29) is 6.10 Å². The number of imidazole rings is 1. The maximum atomic E-state index is 5.47. The highest BCUT2D eigenvalue weighted by molar-refractivity contribution is 9.10. The van der Waals surface area contributed by atoms with Crippen molar-refractivity contribution >= 4 is 44.5 Å². The number of H-pyrrole nitrogens is 1. The molecule has 144 valence electrons. The van der Waals surface area contributed by atoms with Crippen molar-refractivity contribution in [1.82, 2.24) is 29.5 Å². The number of para-hydroxylation sites is 2. The average Bonchev–Trinajstić information content (AvgIpc) is 3.44. The minimum Gasteiger partial charge on any atom is -0.380 e. The fraction of sp³-hybridized carbons (Fsp3) is 0.333. The fourth-order valence-electron chi connectivity index (χ4n) is 3.45. The molecule has 0 radical (unpaired) electrons. The largest absolute Gasteiger partial charge is 0.380 e. The van der Waals surface area contributed by atoms with Crippen molar-refractivity contribution < 1.29 is 4.74 Å². The molecule has 5 rings (SSSR count). The van der Waals surface area contributed by atoms with Gasteiger partial charge in [-0.15, -0.1) is 0 Å². The van der Waals surface area contributed by atoms with Gasteiger partial charge in [-0.2, -0.15) is 19.6 Å². The van der Waals surface area contributed by atoms with Crippen molar-refractivity contribution in [3.05, 3.63) is 40.8 Å². The van der Waals surface area contributed by atoms with E-state index >= 15 is 0 Å². The number of aromatic amines is 1. The molecular formula is C18H19BrN8O. The zero-order valence-electron chi connectivity index (χ0n) is 15.3. The maximum absolute atomic E-state index is 5.47. The summed E-state index contributed by atoms with van der Waals surface area (Å²) in [6, 6.07) is 7.96. The Morgan fingerprint density at radius 1 is 1.29 bits per heavy atom. The summed E-state index contributed by atoms with van der Waals surface area (Å²) in [6.45, 7) is 2.14. The van der Waals surface area contributed by atoms with Gasteiger partial charge in [0.25, 0.3) is 0 Å². The van der Waals surface area contributed by atoms with Crippen LogP contribution in [0, 0.1) is 0 Å². The van der Waals surface area contributed by atoms with E-state index in [1.807, 2.05) is 24.3 Å². The van der Waals surface area contributed by atoms with E-state index in [0.29, 0.717) is 18.4 Å². The highest BCUT2D eigenvalue weighted by atomic mass is 79.9. The lowest BCUT2D eigenvalue weighted by molar-refractivity contribution is 0.121. The molecule has 0 saturated carbocycles. The summed E-state index contributed by atoms with van der Waals surface area (Å²) in [7, 11) is 1.74. The Kier molecular flexibility index (Phi) is 4.36. The predicted octanol–water partition coefficient (Wildman–Crippen LogP) is 2.60. The number of anilines is 2. The molecule has 0 aliphatic carbocycles. The minimum atomic E-state index is 0.208. The number of fused-ring (bicyclic) bond motifs is 2. The zero-order chi connectivity index (χ0) is 19.1. The first-order valence-electron chi connectivity index (χ1n) is 9.08. The smallest absolute Gasteiger partial charge is 0.230 e. The standard InChI is InChI=1S/C18H19BrN8O/c1-28-11-6-7-26(10-11)18-24-16-12(19)8-21-27(16)17(25-18)20-9-15-22-13-4-2-3-5-14(13)23-15/h2-5,8,11H,6-7,9-10H2,1H3,(H,22,23)(H,20,24,25)/t11-/m1/s1. The second-order valence-electron chi connectivity index (χ2n) is 6.72. The molecule has 1 fully saturated rings. The molecule has 1 saturated heterocycles. The summed E-state index contributed by atoms with van der Waals surface area (Å²) < 4.78 is 7.99. The van der Waals surface area contributed by atoms with Crippen LogP contribution in [-0.4, -0.2) is 55.9 Å². The summed E-state index contributed by atoms with van der Waals surface area (Å²) in [5.41, 5.74) is 2.67. The highest BCUT2D eigenvalue weighted by Gasteiger charge is 2.25. The number of rotatable bonds is 5. The zero-order valence-corrected chi connectivity index (χ0v) is 16.8. The number of nitrogens with one attached hydrogen (secondary N) is 2. The van der Waals surface area contributed by atoms with Crippen LogP contribution in [0.1, 0.15) is 12.2 Å². The number of halogens is 1. The van der Waals surface area contributed by atoms with Crippen LogP contribution in [0.3, 0.4) is 0 Å². The topological polar surface area (TPSA) is 96.3 Å². The summed E-state index contributed by atoms with van der Waals surface area (Å²) >= 11 is 3.53. The Morgan fingerprint density at radius 2 is 2.18 bits per heavy atom. The number of aromatic nitrogens is 6. The molecule has 0 amide bonds. The highest BCUT2D eigenvalue weighted by Crippen LogP contribution is 2.24. The number of hydrogen-bond donors (Lipinski definition) is 2. The van der Waals surface area contributed by atoms with Crippen molar-refractivity contribution in [1.29, 1.82) is 0 Å². The number of methoxy groups -OCH3 is 1. The van der Waals surface area contributed by atoms with E-state index in [1.54, 1.807) is 17.8 Å². The van der Waals surface area contributed by atoms with Gasteiger partial charge in [-0.25, -0.2) is 4.98 Å². The van der Waals surface area contributed by atoms with Crippen molar-refractivity contribution in [2.45, 2.75) is 19.1 Å². The fourth-order valence-corrected chi connectivity index (χ4v) is 3.80. The van der Waals surface area contributed by atoms with E-state index in [2.05, 4.69) is 46.2 Å². The molecule has 4 aromatic rings. The van der Waals surface area contributed by atoms with Crippen LogP contribution < -0.4 is 10.2 Å². The van der Waals surface area contributed by atoms with Crippen LogP contribution >= 0.6 is 15.9 Å². The molecule has 3 aromatic heterocycles. The van der Waals surface area contributed by atoms with Gasteiger partial charge in [0.1, 0.15) is 5.82 Å². The van der Waals surface area contributed by atoms with Gasteiger partial charge in [0.15, 0.2) is 5.65 Å². The Balaban J connectivity index is 1.45. The van der Waals surface area contributed by atoms with Gasteiger partial charge in [0.05, 0.1) is 34.4 Å². The van der Waals surface area contributed by atoms with Gasteiger partial charge >= 0.3 is 0 Å². The minimum absolute atomic E-state index is 0.208. The molecule has 4 heterocycles. The van der Waals surface area contributed by atoms with E-state index in [1.165, 1.54) is 0 Å². The van der Waals surface area contributed by atoms with Crippen molar-refractivity contribution in [2.24, 2.45) is 0 Å². The van der Waals surface area contributed by atoms with Gasteiger partial charge in [0, 0.05) is 20.2 Å². The summed E-state index contributed by atoms with van der Waals surface area (Å²) in [5.74, 6) is 2.12. The first-order chi connectivity index (χ1) is 13.7. The Hall–Kier alpha value is -2.72. The molecule has 1 aliphatic rings. The van der Waals surface area contributed by atoms with Crippen molar-refractivity contribution in [2.75, 3.05) is 30.4 Å². The van der Waals surface area contributed by atoms with Gasteiger partial charge in [-0.05, 0) is 34.5 Å². The lowest BCUT2D eigenvalue weighted by Crippen LogP contribution is -2.25. The van der Waals surface area contributed by atoms with E-state index in [0.717, 1.165) is 46.5 Å². The monoisotopic (exact) mass is 442 g/mol. The lowest BCUT2D eigenvalue weighted by atomic mass is 10.3. The molecule has 1 aromatic carbocycles. The van der Waals surface area contributed by atoms with Crippen LogP contribution in [0.15, 0.2) is 34.9 Å². The van der Waals surface area contributed by atoms with Crippen LogP contribution in [0.5, 0.6) is 0 Å². The lowest BCUT2D eigenvalue weighted by Gasteiger charge is -2.17. The predicted molar refractivity (Wildman–Crippen MR) is 110 cm³/mol. The first-order valence-corrected chi connectivity index (χ1v) is 9.87. The molecule has 0 spiro atoms. The molecule has 0 unspecified atom stereocenters. The van der Waals surface area contributed by atoms with E-state index < -0.39 is 0 Å². The third kappa shape index (κ3) is 3.08. The SMILES string of the molecule is CO[C@@H]1CCN(c2nc(NCc3nc4ccccc4[nH]3)n3ncc(Br)c3n2)C1. The molecule has 1 aliphatic heterocycles. The second-order valence-corrected chi connectivity index (χ2v) is 7.58. The van der Waals surface area contributed by atoms with E-state index in [4.69, 9.17) is 9.72 Å². The third-order valence-corrected chi connectivity index (χ3v) is 5.49. The molecule has 1 atom stereocenters. The summed E-state index contributed by atoms with van der Waals surface area (Å²) in [4.78, 5) is 19.5. The van der Waals surface area contributed by atoms with Gasteiger partial charge in [-0.3, -0.25) is 0 Å². The van der Waals surface area contributed by atoms with Crippen LogP contribution in [0.2, 0.25) is 0 Å². The molecular weight excluding hydrogens is 424 g/mol. The summed E-state index contributed by atoms with van der Waals surface area (Å²) in [6.07, 6.45) is 2.90. The van der Waals surface area contributed by atoms with Gasteiger partial charge < -0.3 is 19.9 Å². The molecule has 28 heavy (non-hydrogen) atoms. The number of ether oxygens (including phenoxy) is 1. The Labute approximate surface area is 169 Å². The van der Waals surface area contributed by atoms with Crippen LogP contribution in [0.4, 0.5) is 11.9 Å². The molecule has 0 bridgehead atoms. The van der Waals surface area contributed by atoms with Gasteiger partial charge in [0.2, 0.25) is 11.9 Å². The van der Waals surface area contributed by atoms with E-state index in [9.17, 15) is 0 Å². The number of benzene rings is 1. The normalized spacial score (nSPS) is 17.1. The quantitative estimate of drug-likeness (QED) is 0.490. The molecule has 2 N–H and O–H groups in total. The number of hydrogen-bond acceptors (Lipinski definition) is 7. The maximum Gasteiger partial charge on any atom is 0.230 e. The third-order valence-electron chi connectivity index (χ3n) is 4.93.